The Morgan fingerprint density at radius 2 is 1.95 bits per heavy atom. The molecule has 1 N–H and O–H groups in total. The van der Waals surface area contributed by atoms with Crippen molar-refractivity contribution in [3.05, 3.63) is 54.1 Å². The molecule has 1 fully saturated rings. The summed E-state index contributed by atoms with van der Waals surface area (Å²) >= 11 is 0. The summed E-state index contributed by atoms with van der Waals surface area (Å²) in [6.07, 6.45) is 2.26. The number of hydrogen-bond donors (Lipinski definition) is 1. The second-order valence-corrected chi connectivity index (χ2v) is 10.4. The first kappa shape index (κ1) is 28.7. The van der Waals surface area contributed by atoms with Gasteiger partial charge in [0.25, 0.3) is 0 Å². The topological polar surface area (TPSA) is 114 Å². The van der Waals surface area contributed by atoms with Crippen LogP contribution in [0.1, 0.15) is 50.3 Å². The van der Waals surface area contributed by atoms with Crippen LogP contribution in [0.2, 0.25) is 0 Å². The van der Waals surface area contributed by atoms with Gasteiger partial charge >= 0.3 is 18.2 Å². The lowest BCUT2D eigenvalue weighted by Crippen LogP contribution is -2.51. The van der Waals surface area contributed by atoms with Gasteiger partial charge in [0.05, 0.1) is 26.8 Å². The molecule has 0 spiro atoms. The lowest BCUT2D eigenvalue weighted by atomic mass is 9.91. The van der Waals surface area contributed by atoms with E-state index >= 15 is 0 Å². The van der Waals surface area contributed by atoms with Gasteiger partial charge < -0.3 is 24.4 Å². The SMILES string of the molecule is C=CCC(C)(C)COC(=O)N[C@@H](C)C(=O)N1C[C@H](OC(=O)N2Cc3cccc(C=C)c3C2)C[C@H]1C(=O)OC. The molecule has 3 amide bonds. The molecule has 0 aliphatic carbocycles. The largest absolute Gasteiger partial charge is 0.467 e. The number of ether oxygens (including phenoxy) is 3. The van der Waals surface area contributed by atoms with Crippen LogP contribution in [0.15, 0.2) is 37.4 Å². The number of nitrogens with zero attached hydrogens (tertiary/aromatic N) is 2. The molecule has 0 unspecified atom stereocenters. The van der Waals surface area contributed by atoms with Crippen LogP contribution in [0.5, 0.6) is 0 Å². The van der Waals surface area contributed by atoms with Gasteiger partial charge in [-0.3, -0.25) is 9.69 Å². The molecule has 2 aliphatic rings. The van der Waals surface area contributed by atoms with Crippen molar-refractivity contribution >= 4 is 30.1 Å². The van der Waals surface area contributed by atoms with Gasteiger partial charge in [-0.05, 0) is 30.0 Å². The number of methoxy groups -OCH3 is 1. The Balaban J connectivity index is 1.60. The number of nitrogens with one attached hydrogen (secondary N) is 1. The second-order valence-electron chi connectivity index (χ2n) is 10.4. The molecule has 3 atom stereocenters. The van der Waals surface area contributed by atoms with Gasteiger partial charge in [0, 0.05) is 18.4 Å². The average molecular weight is 528 g/mol. The van der Waals surface area contributed by atoms with Crippen LogP contribution in [-0.2, 0) is 36.9 Å². The number of carbonyl (C=O) groups excluding carboxylic acids is 4. The van der Waals surface area contributed by atoms with Crippen LogP contribution in [0.4, 0.5) is 9.59 Å². The van der Waals surface area contributed by atoms with E-state index in [2.05, 4.69) is 18.5 Å². The number of rotatable bonds is 9. The maximum absolute atomic E-state index is 13.2. The van der Waals surface area contributed by atoms with Gasteiger partial charge in [0.2, 0.25) is 5.91 Å². The molecule has 0 radical (unpaired) electrons. The highest BCUT2D eigenvalue weighted by molar-refractivity contribution is 5.90. The lowest BCUT2D eigenvalue weighted by molar-refractivity contribution is -0.151. The van der Waals surface area contributed by atoms with Crippen LogP contribution in [-0.4, -0.2) is 72.3 Å². The summed E-state index contributed by atoms with van der Waals surface area (Å²) in [5, 5.41) is 2.52. The van der Waals surface area contributed by atoms with E-state index in [0.29, 0.717) is 19.5 Å². The molecule has 0 bridgehead atoms. The summed E-state index contributed by atoms with van der Waals surface area (Å²) in [7, 11) is 1.23. The van der Waals surface area contributed by atoms with Crippen molar-refractivity contribution in [2.45, 2.75) is 64.9 Å². The third-order valence-corrected chi connectivity index (χ3v) is 6.78. The first-order valence-corrected chi connectivity index (χ1v) is 12.6. The summed E-state index contributed by atoms with van der Waals surface area (Å²) in [6.45, 7) is 13.8. The zero-order valence-corrected chi connectivity index (χ0v) is 22.5. The molecule has 0 aromatic heterocycles. The first-order valence-electron chi connectivity index (χ1n) is 12.6. The zero-order chi connectivity index (χ0) is 28.0. The van der Waals surface area contributed by atoms with Crippen molar-refractivity contribution in [1.29, 1.82) is 0 Å². The Morgan fingerprint density at radius 3 is 2.61 bits per heavy atom. The molecular formula is C28H37N3O7. The number of carbonyl (C=O) groups is 4. The van der Waals surface area contributed by atoms with Gasteiger partial charge in [0.1, 0.15) is 18.2 Å². The summed E-state index contributed by atoms with van der Waals surface area (Å²) in [5.74, 6) is -1.13. The fourth-order valence-electron chi connectivity index (χ4n) is 4.71. The fraction of sp³-hybridized carbons (Fsp3) is 0.500. The predicted molar refractivity (Wildman–Crippen MR) is 141 cm³/mol. The van der Waals surface area contributed by atoms with Gasteiger partial charge in [-0.15, -0.1) is 6.58 Å². The van der Waals surface area contributed by atoms with E-state index < -0.39 is 42.3 Å². The Kier molecular flexibility index (Phi) is 9.19. The molecule has 0 saturated carbocycles. The molecule has 206 valence electrons. The molecule has 3 rings (SSSR count). The van der Waals surface area contributed by atoms with Gasteiger partial charge in [-0.2, -0.15) is 0 Å². The van der Waals surface area contributed by atoms with Crippen LogP contribution in [0.25, 0.3) is 6.08 Å². The summed E-state index contributed by atoms with van der Waals surface area (Å²) < 4.78 is 15.9. The molecule has 2 heterocycles. The Morgan fingerprint density at radius 1 is 1.21 bits per heavy atom. The molecule has 10 nitrogen and oxygen atoms in total. The number of likely N-dealkylation sites (tertiary alicyclic amines) is 1. The Bertz CT molecular complexity index is 1100. The Labute approximate surface area is 223 Å². The molecule has 2 aliphatic heterocycles. The minimum Gasteiger partial charge on any atom is -0.467 e. The number of alkyl carbamates (subject to hydrolysis) is 1. The number of benzene rings is 1. The second kappa shape index (κ2) is 12.1. The molecule has 1 saturated heterocycles. The predicted octanol–water partition coefficient (Wildman–Crippen LogP) is 3.64. The zero-order valence-electron chi connectivity index (χ0n) is 22.5. The van der Waals surface area contributed by atoms with Gasteiger partial charge in [-0.1, -0.05) is 50.8 Å². The van der Waals surface area contributed by atoms with Crippen molar-refractivity contribution in [2.75, 3.05) is 20.3 Å². The normalized spacial score (nSPS) is 19.3. The highest BCUT2D eigenvalue weighted by atomic mass is 16.6. The van der Waals surface area contributed by atoms with Crippen molar-refractivity contribution in [3.8, 4) is 0 Å². The van der Waals surface area contributed by atoms with Crippen LogP contribution in [0.3, 0.4) is 0 Å². The monoisotopic (exact) mass is 527 g/mol. The lowest BCUT2D eigenvalue weighted by Gasteiger charge is -2.26. The smallest absolute Gasteiger partial charge is 0.410 e. The highest BCUT2D eigenvalue weighted by Crippen LogP contribution is 2.29. The van der Waals surface area contributed by atoms with Crippen molar-refractivity contribution < 1.29 is 33.4 Å². The third kappa shape index (κ3) is 6.73. The minimum atomic E-state index is -0.975. The van der Waals surface area contributed by atoms with Crippen LogP contribution in [0, 0.1) is 5.41 Å². The summed E-state index contributed by atoms with van der Waals surface area (Å²) in [4.78, 5) is 53.7. The standard InChI is InChI=1S/C28H37N3O7/c1-7-12-28(4,5)17-37-26(34)29-18(3)24(32)31-15-21(13-23(31)25(33)36-6)38-27(35)30-14-20-11-9-10-19(8-2)22(20)16-30/h7-11,18,21,23H,1-2,12-17H2,3-6H3,(H,29,34)/t18-,21+,23-/m0/s1. The van der Waals surface area contributed by atoms with Crippen LogP contribution >= 0.6 is 0 Å². The molecule has 38 heavy (non-hydrogen) atoms. The van der Waals surface area contributed by atoms with Gasteiger partial charge in [0.15, 0.2) is 0 Å². The number of hydrogen-bond acceptors (Lipinski definition) is 7. The first-order chi connectivity index (χ1) is 18.0. The third-order valence-electron chi connectivity index (χ3n) is 6.78. The average Bonchev–Trinajstić information content (AvgIpc) is 3.51. The minimum absolute atomic E-state index is 0.00350. The van der Waals surface area contributed by atoms with Crippen molar-refractivity contribution in [3.63, 3.8) is 0 Å². The summed E-state index contributed by atoms with van der Waals surface area (Å²) in [5.41, 5.74) is 2.72. The fourth-order valence-corrected chi connectivity index (χ4v) is 4.71. The summed E-state index contributed by atoms with van der Waals surface area (Å²) in [6, 6.07) is 3.89. The number of fused-ring (bicyclic) bond motifs is 1. The van der Waals surface area contributed by atoms with E-state index in [1.54, 1.807) is 17.1 Å². The molecular weight excluding hydrogens is 490 g/mol. The van der Waals surface area contributed by atoms with E-state index in [1.165, 1.54) is 18.9 Å². The number of amides is 3. The van der Waals surface area contributed by atoms with Crippen molar-refractivity contribution in [1.82, 2.24) is 15.1 Å². The van der Waals surface area contributed by atoms with Crippen molar-refractivity contribution in [2.24, 2.45) is 5.41 Å². The maximum Gasteiger partial charge on any atom is 0.410 e. The van der Waals surface area contributed by atoms with E-state index in [9.17, 15) is 19.2 Å². The molecule has 10 heteroatoms. The molecule has 1 aromatic carbocycles. The van der Waals surface area contributed by atoms with E-state index in [4.69, 9.17) is 14.2 Å². The maximum atomic E-state index is 13.2. The van der Waals surface area contributed by atoms with Crippen LogP contribution < -0.4 is 5.32 Å². The van der Waals surface area contributed by atoms with E-state index in [1.807, 2.05) is 32.0 Å². The quantitative estimate of drug-likeness (QED) is 0.296. The number of esters is 1. The molecule has 1 aromatic rings. The number of allylic oxidation sites excluding steroid dienone is 1. The Hall–Kier alpha value is -3.82. The van der Waals surface area contributed by atoms with E-state index in [0.717, 1.165) is 16.7 Å². The van der Waals surface area contributed by atoms with Gasteiger partial charge in [-0.25, -0.2) is 14.4 Å². The van der Waals surface area contributed by atoms with E-state index in [-0.39, 0.29) is 25.0 Å². The highest BCUT2D eigenvalue weighted by Gasteiger charge is 2.44.